The summed E-state index contributed by atoms with van der Waals surface area (Å²) in [5.74, 6) is 0.133. The van der Waals surface area contributed by atoms with Crippen LogP contribution >= 0.6 is 11.8 Å². The van der Waals surface area contributed by atoms with Crippen LogP contribution in [0, 0.1) is 5.92 Å². The summed E-state index contributed by atoms with van der Waals surface area (Å²) in [4.78, 5) is 11.5. The fourth-order valence-corrected chi connectivity index (χ4v) is 3.20. The molecule has 2 fully saturated rings. The van der Waals surface area contributed by atoms with Crippen molar-refractivity contribution in [2.75, 3.05) is 0 Å². The molecule has 5 heteroatoms. The van der Waals surface area contributed by atoms with Crippen LogP contribution in [0.2, 0.25) is 0 Å². The van der Waals surface area contributed by atoms with Gasteiger partial charge in [0.15, 0.2) is 5.12 Å². The highest BCUT2D eigenvalue weighted by atomic mass is 32.2. The molecule has 0 saturated carbocycles. The van der Waals surface area contributed by atoms with Gasteiger partial charge in [-0.15, -0.1) is 0 Å². The van der Waals surface area contributed by atoms with Crippen molar-refractivity contribution < 1.29 is 14.1 Å². The van der Waals surface area contributed by atoms with Gasteiger partial charge in [0.2, 0.25) is 0 Å². The van der Waals surface area contributed by atoms with E-state index in [0.717, 1.165) is 6.42 Å². The zero-order chi connectivity index (χ0) is 12.1. The summed E-state index contributed by atoms with van der Waals surface area (Å²) >= 11 is 1.38. The minimum Gasteiger partial charge on any atom is -0.402 e. The van der Waals surface area contributed by atoms with Crippen LogP contribution in [0.3, 0.4) is 0 Å². The third-order valence-corrected chi connectivity index (χ3v) is 5.18. The lowest BCUT2D eigenvalue weighted by Crippen LogP contribution is -2.41. The quantitative estimate of drug-likeness (QED) is 0.661. The number of thioether (sulfide) groups is 1. The van der Waals surface area contributed by atoms with E-state index >= 15 is 0 Å². The molecule has 0 aromatic heterocycles. The van der Waals surface area contributed by atoms with E-state index in [0.29, 0.717) is 0 Å². The minimum absolute atomic E-state index is 0.133. The summed E-state index contributed by atoms with van der Waals surface area (Å²) in [6.07, 6.45) is 0.861. The van der Waals surface area contributed by atoms with Gasteiger partial charge in [-0.1, -0.05) is 18.7 Å². The van der Waals surface area contributed by atoms with Gasteiger partial charge in [0, 0.05) is 11.1 Å². The minimum atomic E-state index is -0.299. The van der Waals surface area contributed by atoms with Gasteiger partial charge in [0.05, 0.1) is 11.2 Å². The van der Waals surface area contributed by atoms with Crippen LogP contribution in [-0.2, 0) is 14.1 Å². The Bertz CT molecular complexity index is 300. The first-order valence-corrected chi connectivity index (χ1v) is 6.67. The van der Waals surface area contributed by atoms with Crippen LogP contribution in [0.1, 0.15) is 41.0 Å². The number of rotatable bonds is 1. The highest BCUT2D eigenvalue weighted by Crippen LogP contribution is 2.43. The van der Waals surface area contributed by atoms with E-state index in [1.807, 2.05) is 34.6 Å². The molecule has 2 heterocycles. The maximum Gasteiger partial charge on any atom is 0.472 e. The number of hydrogen-bond acceptors (Lipinski definition) is 4. The van der Waals surface area contributed by atoms with Gasteiger partial charge in [-0.2, -0.15) is 0 Å². The van der Waals surface area contributed by atoms with E-state index in [1.54, 1.807) is 0 Å². The van der Waals surface area contributed by atoms with Crippen molar-refractivity contribution in [3.8, 4) is 0 Å². The first-order valence-electron chi connectivity index (χ1n) is 5.79. The molecule has 0 amide bonds. The molecule has 0 N–H and O–H groups in total. The van der Waals surface area contributed by atoms with Crippen LogP contribution in [0.5, 0.6) is 0 Å². The molecule has 0 aromatic rings. The van der Waals surface area contributed by atoms with Gasteiger partial charge in [0.1, 0.15) is 0 Å². The molecule has 16 heavy (non-hydrogen) atoms. The van der Waals surface area contributed by atoms with E-state index in [-0.39, 0.29) is 34.5 Å². The molecule has 2 unspecified atom stereocenters. The first kappa shape index (κ1) is 12.5. The van der Waals surface area contributed by atoms with E-state index in [9.17, 15) is 4.79 Å². The van der Waals surface area contributed by atoms with Crippen molar-refractivity contribution in [3.63, 3.8) is 0 Å². The molecule has 2 atom stereocenters. The lowest BCUT2D eigenvalue weighted by Gasteiger charge is -2.32. The summed E-state index contributed by atoms with van der Waals surface area (Å²) in [5.41, 5.74) is -0.597. The summed E-state index contributed by atoms with van der Waals surface area (Å²) in [6, 6.07) is 0. The van der Waals surface area contributed by atoms with Gasteiger partial charge < -0.3 is 9.31 Å². The largest absolute Gasteiger partial charge is 0.472 e. The number of hydrogen-bond donors (Lipinski definition) is 0. The average molecular weight is 242 g/mol. The van der Waals surface area contributed by atoms with Crippen LogP contribution in [0.25, 0.3) is 0 Å². The van der Waals surface area contributed by atoms with Gasteiger partial charge in [0.25, 0.3) is 0 Å². The van der Waals surface area contributed by atoms with E-state index < -0.39 is 0 Å². The highest BCUT2D eigenvalue weighted by molar-refractivity contribution is 8.15. The highest BCUT2D eigenvalue weighted by Gasteiger charge is 2.55. The predicted molar refractivity (Wildman–Crippen MR) is 66.2 cm³/mol. The van der Waals surface area contributed by atoms with Crippen molar-refractivity contribution in [1.82, 2.24) is 0 Å². The number of carbonyl (C=O) groups excluding carboxylic acids is 1. The summed E-state index contributed by atoms with van der Waals surface area (Å²) in [5, 5.41) is 0.420. The summed E-state index contributed by atoms with van der Waals surface area (Å²) in [6.45, 7) is 10.1. The smallest absolute Gasteiger partial charge is 0.402 e. The van der Waals surface area contributed by atoms with Gasteiger partial charge in [-0.3, -0.25) is 4.79 Å². The topological polar surface area (TPSA) is 35.5 Å². The van der Waals surface area contributed by atoms with Crippen molar-refractivity contribution in [1.29, 1.82) is 0 Å². The molecular weight excluding hydrogens is 223 g/mol. The van der Waals surface area contributed by atoms with Gasteiger partial charge >= 0.3 is 7.12 Å². The Hall–Kier alpha value is 0.00494. The van der Waals surface area contributed by atoms with E-state index in [4.69, 9.17) is 9.31 Å². The molecular formula is C11H19BO3S. The standard InChI is InChI=1S/C11H19BO3S/c1-7-6-8(16-9(7)13)12-14-10(2,3)11(4,5)15-12/h7-8H,6H2,1-5H3. The Morgan fingerprint density at radius 2 is 1.75 bits per heavy atom. The third-order valence-electron chi connectivity index (χ3n) is 3.83. The van der Waals surface area contributed by atoms with Gasteiger partial charge in [-0.25, -0.2) is 0 Å². The molecule has 90 valence electrons. The van der Waals surface area contributed by atoms with E-state index in [2.05, 4.69) is 0 Å². The molecule has 0 aliphatic carbocycles. The molecule has 2 rings (SSSR count). The zero-order valence-electron chi connectivity index (χ0n) is 10.6. The van der Waals surface area contributed by atoms with Crippen molar-refractivity contribution in [3.05, 3.63) is 0 Å². The predicted octanol–water partition coefficient (Wildman–Crippen LogP) is 2.29. The molecule has 2 saturated heterocycles. The molecule has 3 nitrogen and oxygen atoms in total. The molecule has 2 aliphatic heterocycles. The fraction of sp³-hybridized carbons (Fsp3) is 0.909. The Morgan fingerprint density at radius 1 is 1.25 bits per heavy atom. The van der Waals surface area contributed by atoms with Crippen LogP contribution < -0.4 is 0 Å². The van der Waals surface area contributed by atoms with Crippen LogP contribution in [0.15, 0.2) is 0 Å². The molecule has 2 aliphatic rings. The Balaban J connectivity index is 2.07. The normalized spacial score (nSPS) is 37.1. The second kappa shape index (κ2) is 3.75. The molecule has 0 spiro atoms. The molecule has 0 radical (unpaired) electrons. The molecule has 0 aromatic carbocycles. The SMILES string of the molecule is CC1CC(B2OC(C)(C)C(C)(C)O2)SC1=O. The van der Waals surface area contributed by atoms with Crippen molar-refractivity contribution in [2.45, 2.75) is 57.4 Å². The summed E-state index contributed by atoms with van der Waals surface area (Å²) in [7, 11) is -0.246. The Morgan fingerprint density at radius 3 is 2.12 bits per heavy atom. The second-order valence-electron chi connectivity index (χ2n) is 5.74. The average Bonchev–Trinajstić information content (AvgIpc) is 2.54. The zero-order valence-corrected chi connectivity index (χ0v) is 11.4. The van der Waals surface area contributed by atoms with Gasteiger partial charge in [-0.05, 0) is 34.1 Å². The van der Waals surface area contributed by atoms with Crippen LogP contribution in [-0.4, -0.2) is 28.6 Å². The lowest BCUT2D eigenvalue weighted by atomic mass is 9.80. The van der Waals surface area contributed by atoms with Crippen molar-refractivity contribution in [2.24, 2.45) is 5.92 Å². The maximum absolute atomic E-state index is 11.5. The maximum atomic E-state index is 11.5. The van der Waals surface area contributed by atoms with E-state index in [1.165, 1.54) is 11.8 Å². The van der Waals surface area contributed by atoms with Crippen molar-refractivity contribution >= 4 is 24.0 Å². The van der Waals surface area contributed by atoms with Crippen LogP contribution in [0.4, 0.5) is 0 Å². The third kappa shape index (κ3) is 1.93. The Kier molecular flexibility index (Phi) is 2.92. The lowest BCUT2D eigenvalue weighted by molar-refractivity contribution is -0.113. The Labute approximate surface area is 102 Å². The molecule has 0 bridgehead atoms. The number of carbonyl (C=O) groups is 1. The first-order chi connectivity index (χ1) is 7.23. The fourth-order valence-electron chi connectivity index (χ4n) is 1.97. The second-order valence-corrected chi connectivity index (χ2v) is 6.98. The summed E-state index contributed by atoms with van der Waals surface area (Å²) < 4.78 is 11.9. The monoisotopic (exact) mass is 242 g/mol.